The van der Waals surface area contributed by atoms with Gasteiger partial charge in [0.1, 0.15) is 5.75 Å². The molecular weight excluding hydrogens is 372 g/mol. The molecular formula is C11H8BrF6NO2. The van der Waals surface area contributed by atoms with E-state index in [0.29, 0.717) is 4.47 Å². The van der Waals surface area contributed by atoms with Gasteiger partial charge in [-0.2, -0.15) is 26.3 Å². The molecule has 0 aliphatic carbocycles. The second kappa shape index (κ2) is 6.12. The Hall–Kier alpha value is -1.45. The molecule has 0 fully saturated rings. The van der Waals surface area contributed by atoms with Gasteiger partial charge in [0, 0.05) is 4.47 Å². The summed E-state index contributed by atoms with van der Waals surface area (Å²) in [5.74, 6) is -6.42. The second-order valence-electron chi connectivity index (χ2n) is 3.85. The maximum absolute atomic E-state index is 12.4. The third-order valence-corrected chi connectivity index (χ3v) is 2.83. The van der Waals surface area contributed by atoms with Gasteiger partial charge in [-0.15, -0.1) is 0 Å². The Morgan fingerprint density at radius 2 is 1.71 bits per heavy atom. The predicted molar refractivity (Wildman–Crippen MR) is 64.9 cm³/mol. The monoisotopic (exact) mass is 379 g/mol. The van der Waals surface area contributed by atoms with E-state index in [1.807, 2.05) is 0 Å². The van der Waals surface area contributed by atoms with E-state index in [0.717, 1.165) is 13.2 Å². The van der Waals surface area contributed by atoms with Gasteiger partial charge in [0.05, 0.1) is 12.8 Å². The minimum Gasteiger partial charge on any atom is -0.495 e. The fourth-order valence-electron chi connectivity index (χ4n) is 1.47. The molecule has 0 aliphatic heterocycles. The summed E-state index contributed by atoms with van der Waals surface area (Å²) in [6.07, 6.45) is -11.5. The Bertz CT molecular complexity index is 514. The zero-order valence-corrected chi connectivity index (χ0v) is 11.9. The van der Waals surface area contributed by atoms with Crippen molar-refractivity contribution in [2.45, 2.75) is 12.4 Å². The molecule has 0 aliphatic rings. The lowest BCUT2D eigenvalue weighted by Gasteiger charge is -2.22. The number of amides is 1. The van der Waals surface area contributed by atoms with Gasteiger partial charge < -0.3 is 10.1 Å². The van der Waals surface area contributed by atoms with Crippen molar-refractivity contribution in [3.05, 3.63) is 22.7 Å². The van der Waals surface area contributed by atoms with Gasteiger partial charge in [-0.25, -0.2) is 0 Å². The number of nitrogens with one attached hydrogen (secondary N) is 1. The Morgan fingerprint density at radius 1 is 1.19 bits per heavy atom. The fourth-order valence-corrected chi connectivity index (χ4v) is 1.83. The van der Waals surface area contributed by atoms with Crippen LogP contribution in [0.1, 0.15) is 0 Å². The summed E-state index contributed by atoms with van der Waals surface area (Å²) in [6.45, 7) is 0. The molecule has 0 saturated heterocycles. The van der Waals surface area contributed by atoms with E-state index in [-0.39, 0.29) is 11.4 Å². The number of benzene rings is 1. The number of hydrogen-bond acceptors (Lipinski definition) is 2. The summed E-state index contributed by atoms with van der Waals surface area (Å²) < 4.78 is 79.6. The van der Waals surface area contributed by atoms with E-state index in [2.05, 4.69) is 15.9 Å². The molecule has 0 heterocycles. The van der Waals surface area contributed by atoms with Gasteiger partial charge in [-0.1, -0.05) is 15.9 Å². The first-order valence-electron chi connectivity index (χ1n) is 5.24. The van der Waals surface area contributed by atoms with Gasteiger partial charge in [-0.3, -0.25) is 4.79 Å². The molecule has 1 rings (SSSR count). The third kappa shape index (κ3) is 4.51. The van der Waals surface area contributed by atoms with E-state index < -0.39 is 24.2 Å². The van der Waals surface area contributed by atoms with Crippen LogP contribution in [0.2, 0.25) is 0 Å². The van der Waals surface area contributed by atoms with Crippen LogP contribution in [-0.2, 0) is 4.79 Å². The van der Waals surface area contributed by atoms with Gasteiger partial charge in [0.15, 0.2) is 0 Å². The molecule has 0 atom stereocenters. The summed E-state index contributed by atoms with van der Waals surface area (Å²) >= 11 is 2.98. The molecule has 1 N–H and O–H groups in total. The highest BCUT2D eigenvalue weighted by atomic mass is 79.9. The van der Waals surface area contributed by atoms with Crippen molar-refractivity contribution in [2.24, 2.45) is 5.92 Å². The lowest BCUT2D eigenvalue weighted by Crippen LogP contribution is -2.45. The van der Waals surface area contributed by atoms with Crippen LogP contribution >= 0.6 is 15.9 Å². The average molecular weight is 380 g/mol. The van der Waals surface area contributed by atoms with E-state index in [1.165, 1.54) is 12.1 Å². The van der Waals surface area contributed by atoms with Crippen molar-refractivity contribution in [3.63, 3.8) is 0 Å². The lowest BCUT2D eigenvalue weighted by molar-refractivity contribution is -0.272. The van der Waals surface area contributed by atoms with E-state index in [1.54, 1.807) is 5.32 Å². The minimum absolute atomic E-state index is 0.0744. The van der Waals surface area contributed by atoms with Crippen LogP contribution in [-0.4, -0.2) is 25.4 Å². The molecule has 118 valence electrons. The topological polar surface area (TPSA) is 38.3 Å². The maximum Gasteiger partial charge on any atom is 0.409 e. The van der Waals surface area contributed by atoms with Gasteiger partial charge in [0.25, 0.3) is 0 Å². The standard InChI is InChI=1S/C11H8BrF6NO2/c1-21-7-3-2-5(12)4-6(7)19-9(20)8(10(13,14)15)11(16,17)18/h2-4,8H,1H3,(H,19,20). The molecule has 3 nitrogen and oxygen atoms in total. The largest absolute Gasteiger partial charge is 0.495 e. The number of ether oxygens (including phenoxy) is 1. The highest BCUT2D eigenvalue weighted by molar-refractivity contribution is 9.10. The second-order valence-corrected chi connectivity index (χ2v) is 4.77. The number of carbonyl (C=O) groups excluding carboxylic acids is 1. The Morgan fingerprint density at radius 3 is 2.14 bits per heavy atom. The number of hydrogen-bond donors (Lipinski definition) is 1. The molecule has 0 spiro atoms. The SMILES string of the molecule is COc1ccc(Br)cc1NC(=O)C(C(F)(F)F)C(F)(F)F. The first-order chi connectivity index (χ1) is 9.46. The highest BCUT2D eigenvalue weighted by Gasteiger charge is 2.61. The molecule has 10 heteroatoms. The number of anilines is 1. The molecule has 1 aromatic rings. The van der Waals surface area contributed by atoms with Gasteiger partial charge in [0.2, 0.25) is 11.8 Å². The number of halogens is 7. The lowest BCUT2D eigenvalue weighted by atomic mass is 10.1. The first kappa shape index (κ1) is 17.6. The van der Waals surface area contributed by atoms with Crippen LogP contribution in [0.15, 0.2) is 22.7 Å². The Labute approximate surface area is 123 Å². The van der Waals surface area contributed by atoms with Crippen LogP contribution in [0.5, 0.6) is 5.75 Å². The molecule has 21 heavy (non-hydrogen) atoms. The van der Waals surface area contributed by atoms with Crippen LogP contribution in [0.3, 0.4) is 0 Å². The summed E-state index contributed by atoms with van der Waals surface area (Å²) in [4.78, 5) is 11.4. The quantitative estimate of drug-likeness (QED) is 0.801. The van der Waals surface area contributed by atoms with Crippen LogP contribution in [0, 0.1) is 5.92 Å². The van der Waals surface area contributed by atoms with E-state index >= 15 is 0 Å². The van der Waals surface area contributed by atoms with Crippen molar-refractivity contribution in [3.8, 4) is 5.75 Å². The normalized spacial score (nSPS) is 12.4. The van der Waals surface area contributed by atoms with Crippen molar-refractivity contribution >= 4 is 27.5 Å². The first-order valence-corrected chi connectivity index (χ1v) is 6.04. The van der Waals surface area contributed by atoms with Crippen molar-refractivity contribution in [1.82, 2.24) is 0 Å². The molecule has 1 amide bonds. The van der Waals surface area contributed by atoms with Crippen molar-refractivity contribution in [2.75, 3.05) is 12.4 Å². The van der Waals surface area contributed by atoms with Crippen LogP contribution < -0.4 is 10.1 Å². The molecule has 0 unspecified atom stereocenters. The summed E-state index contributed by atoms with van der Waals surface area (Å²) in [7, 11) is 1.16. The fraction of sp³-hybridized carbons (Fsp3) is 0.364. The van der Waals surface area contributed by atoms with Crippen LogP contribution in [0.25, 0.3) is 0 Å². The molecule has 0 aromatic heterocycles. The summed E-state index contributed by atoms with van der Waals surface area (Å²) in [5.41, 5.74) is -0.310. The zero-order chi connectivity index (χ0) is 16.4. The number of rotatable bonds is 3. The van der Waals surface area contributed by atoms with E-state index in [9.17, 15) is 31.1 Å². The third-order valence-electron chi connectivity index (χ3n) is 2.34. The average Bonchev–Trinajstić information content (AvgIpc) is 2.24. The maximum atomic E-state index is 12.4. The smallest absolute Gasteiger partial charge is 0.409 e. The van der Waals surface area contributed by atoms with Gasteiger partial charge >= 0.3 is 12.4 Å². The minimum atomic E-state index is -5.75. The van der Waals surface area contributed by atoms with Gasteiger partial charge in [-0.05, 0) is 18.2 Å². The number of alkyl halides is 6. The molecule has 0 radical (unpaired) electrons. The highest BCUT2D eigenvalue weighted by Crippen LogP contribution is 2.40. The Balaban J connectivity index is 3.11. The molecule has 0 saturated carbocycles. The van der Waals surface area contributed by atoms with E-state index in [4.69, 9.17) is 4.74 Å². The summed E-state index contributed by atoms with van der Waals surface area (Å²) in [5, 5.41) is 1.58. The Kier molecular flexibility index (Phi) is 5.13. The number of methoxy groups -OCH3 is 1. The van der Waals surface area contributed by atoms with Crippen molar-refractivity contribution < 1.29 is 35.9 Å². The van der Waals surface area contributed by atoms with Crippen molar-refractivity contribution in [1.29, 1.82) is 0 Å². The zero-order valence-electron chi connectivity index (χ0n) is 10.3. The van der Waals surface area contributed by atoms with Crippen LogP contribution in [0.4, 0.5) is 32.0 Å². The predicted octanol–water partition coefficient (Wildman–Crippen LogP) is 4.14. The number of carbonyl (C=O) groups is 1. The molecule has 1 aromatic carbocycles. The molecule has 0 bridgehead atoms. The summed E-state index contributed by atoms with van der Waals surface area (Å²) in [6, 6.07) is 3.84.